The molecule has 2 nitrogen and oxygen atoms in total. The molecule has 3 heteroatoms. The molecule has 0 saturated heterocycles. The largest absolute Gasteiger partial charge is 0.494 e. The van der Waals surface area contributed by atoms with E-state index in [-0.39, 0.29) is 6.10 Å². The van der Waals surface area contributed by atoms with Gasteiger partial charge in [-0.1, -0.05) is 41.8 Å². The van der Waals surface area contributed by atoms with Gasteiger partial charge in [-0.05, 0) is 49.3 Å². The van der Waals surface area contributed by atoms with Crippen molar-refractivity contribution in [3.8, 4) is 5.75 Å². The fourth-order valence-corrected chi connectivity index (χ4v) is 3.45. The summed E-state index contributed by atoms with van der Waals surface area (Å²) in [4.78, 5) is 0. The number of aliphatic hydroxyl groups is 1. The summed E-state index contributed by atoms with van der Waals surface area (Å²) in [5, 5.41) is 10.6. The van der Waals surface area contributed by atoms with Crippen LogP contribution in [0.5, 0.6) is 5.75 Å². The summed E-state index contributed by atoms with van der Waals surface area (Å²) in [6.07, 6.45) is 4.36. The van der Waals surface area contributed by atoms with Crippen molar-refractivity contribution in [2.24, 2.45) is 11.8 Å². The molecule has 0 amide bonds. The van der Waals surface area contributed by atoms with E-state index in [2.05, 4.69) is 22.9 Å². The van der Waals surface area contributed by atoms with Gasteiger partial charge < -0.3 is 9.84 Å². The molecular weight excluding hydrogens is 304 g/mol. The van der Waals surface area contributed by atoms with Crippen molar-refractivity contribution in [3.63, 3.8) is 0 Å². The van der Waals surface area contributed by atoms with E-state index in [0.717, 1.165) is 34.5 Å². The molecule has 1 unspecified atom stereocenters. The summed E-state index contributed by atoms with van der Waals surface area (Å²) in [5.41, 5.74) is 0.989. The maximum Gasteiger partial charge on any atom is 0.120 e. The zero-order valence-corrected chi connectivity index (χ0v) is 13.3. The van der Waals surface area contributed by atoms with Crippen molar-refractivity contribution in [2.45, 2.75) is 45.6 Å². The first-order valence-corrected chi connectivity index (χ1v) is 8.01. The first-order chi connectivity index (χ1) is 9.11. The lowest BCUT2D eigenvalue weighted by molar-refractivity contribution is 0.0749. The maximum atomic E-state index is 10.6. The minimum Gasteiger partial charge on any atom is -0.494 e. The molecule has 0 aliphatic heterocycles. The van der Waals surface area contributed by atoms with Crippen LogP contribution >= 0.6 is 15.9 Å². The zero-order valence-electron chi connectivity index (χ0n) is 11.7. The van der Waals surface area contributed by atoms with Gasteiger partial charge in [0.15, 0.2) is 0 Å². The summed E-state index contributed by atoms with van der Waals surface area (Å²) < 4.78 is 6.42. The van der Waals surface area contributed by atoms with E-state index in [9.17, 15) is 5.11 Å². The second-order valence-corrected chi connectivity index (χ2v) is 6.44. The second kappa shape index (κ2) is 6.76. The highest BCUT2D eigenvalue weighted by molar-refractivity contribution is 9.10. The van der Waals surface area contributed by atoms with Crippen LogP contribution in [0.4, 0.5) is 0 Å². The fourth-order valence-electron chi connectivity index (χ4n) is 2.86. The summed E-state index contributed by atoms with van der Waals surface area (Å²) in [6, 6.07) is 5.88. The summed E-state index contributed by atoms with van der Waals surface area (Å²) in [7, 11) is 0. The van der Waals surface area contributed by atoms with E-state index in [4.69, 9.17) is 4.74 Å². The molecule has 106 valence electrons. The lowest BCUT2D eigenvalue weighted by atomic mass is 9.78. The van der Waals surface area contributed by atoms with Crippen LogP contribution in [0, 0.1) is 11.8 Å². The van der Waals surface area contributed by atoms with Crippen molar-refractivity contribution in [3.05, 3.63) is 28.2 Å². The lowest BCUT2D eigenvalue weighted by Gasteiger charge is -2.30. The molecule has 1 atom stereocenters. The normalized spacial score (nSPS) is 25.1. The van der Waals surface area contributed by atoms with Crippen LogP contribution in [0.15, 0.2) is 22.7 Å². The number of aliphatic hydroxyl groups excluding tert-OH is 1. The average molecular weight is 327 g/mol. The highest BCUT2D eigenvalue weighted by Gasteiger charge is 2.26. The van der Waals surface area contributed by atoms with Crippen molar-refractivity contribution >= 4 is 15.9 Å². The second-order valence-electron chi connectivity index (χ2n) is 5.58. The maximum absolute atomic E-state index is 10.6. The Balaban J connectivity index is 2.08. The molecule has 0 heterocycles. The van der Waals surface area contributed by atoms with Crippen LogP contribution in [0.1, 0.15) is 51.2 Å². The Morgan fingerprint density at radius 1 is 1.32 bits per heavy atom. The first-order valence-electron chi connectivity index (χ1n) is 7.22. The Labute approximate surface area is 124 Å². The first kappa shape index (κ1) is 14.9. The van der Waals surface area contributed by atoms with Gasteiger partial charge in [0.1, 0.15) is 5.75 Å². The van der Waals surface area contributed by atoms with Gasteiger partial charge in [0, 0.05) is 4.47 Å². The van der Waals surface area contributed by atoms with Crippen LogP contribution in [0.25, 0.3) is 0 Å². The number of ether oxygens (including phenoxy) is 1. The van der Waals surface area contributed by atoms with Crippen LogP contribution < -0.4 is 4.74 Å². The SMILES string of the molecule is CCOc1ccc(C(O)C2CCC(C)CC2)c(Br)c1. The van der Waals surface area contributed by atoms with Crippen molar-refractivity contribution in [2.75, 3.05) is 6.61 Å². The summed E-state index contributed by atoms with van der Waals surface area (Å²) in [6.45, 7) is 4.93. The van der Waals surface area contributed by atoms with E-state index in [1.54, 1.807) is 0 Å². The monoisotopic (exact) mass is 326 g/mol. The summed E-state index contributed by atoms with van der Waals surface area (Å²) >= 11 is 3.56. The van der Waals surface area contributed by atoms with Crippen LogP contribution in [-0.2, 0) is 0 Å². The van der Waals surface area contributed by atoms with Crippen LogP contribution in [0.3, 0.4) is 0 Å². The molecule has 1 N–H and O–H groups in total. The third-order valence-electron chi connectivity index (χ3n) is 4.11. The third kappa shape index (κ3) is 3.73. The standard InChI is InChI=1S/C16H23BrO2/c1-3-19-13-8-9-14(15(17)10-13)16(18)12-6-4-11(2)5-7-12/h8-12,16,18H,3-7H2,1-2H3. The van der Waals surface area contributed by atoms with E-state index in [1.165, 1.54) is 12.8 Å². The van der Waals surface area contributed by atoms with Gasteiger partial charge in [-0.3, -0.25) is 0 Å². The number of benzene rings is 1. The van der Waals surface area contributed by atoms with Gasteiger partial charge in [0.2, 0.25) is 0 Å². The molecule has 0 bridgehead atoms. The van der Waals surface area contributed by atoms with Gasteiger partial charge in [-0.25, -0.2) is 0 Å². The Hall–Kier alpha value is -0.540. The minimum atomic E-state index is -0.363. The predicted octanol–water partition coefficient (Wildman–Crippen LogP) is 4.71. The van der Waals surface area contributed by atoms with Crippen LogP contribution in [-0.4, -0.2) is 11.7 Å². The van der Waals surface area contributed by atoms with E-state index in [1.807, 2.05) is 25.1 Å². The highest BCUT2D eigenvalue weighted by atomic mass is 79.9. The van der Waals surface area contributed by atoms with Crippen molar-refractivity contribution in [1.29, 1.82) is 0 Å². The number of halogens is 1. The number of rotatable bonds is 4. The Bertz CT molecular complexity index is 411. The number of hydrogen-bond donors (Lipinski definition) is 1. The molecule has 0 aromatic heterocycles. The Kier molecular flexibility index (Phi) is 5.28. The van der Waals surface area contributed by atoms with E-state index in [0.29, 0.717) is 12.5 Å². The number of hydrogen-bond acceptors (Lipinski definition) is 2. The Morgan fingerprint density at radius 3 is 2.58 bits per heavy atom. The fraction of sp³-hybridized carbons (Fsp3) is 0.625. The van der Waals surface area contributed by atoms with Gasteiger partial charge >= 0.3 is 0 Å². The Morgan fingerprint density at radius 2 is 2.00 bits per heavy atom. The molecule has 1 aromatic rings. The van der Waals surface area contributed by atoms with Crippen molar-refractivity contribution < 1.29 is 9.84 Å². The molecular formula is C16H23BrO2. The average Bonchev–Trinajstić information content (AvgIpc) is 2.39. The summed E-state index contributed by atoms with van der Waals surface area (Å²) in [5.74, 6) is 2.06. The molecule has 0 spiro atoms. The quantitative estimate of drug-likeness (QED) is 0.868. The molecule has 19 heavy (non-hydrogen) atoms. The van der Waals surface area contributed by atoms with Gasteiger partial charge in [-0.15, -0.1) is 0 Å². The third-order valence-corrected chi connectivity index (χ3v) is 4.80. The molecule has 1 aliphatic carbocycles. The molecule has 1 saturated carbocycles. The van der Waals surface area contributed by atoms with Gasteiger partial charge in [-0.2, -0.15) is 0 Å². The highest BCUT2D eigenvalue weighted by Crippen LogP contribution is 2.39. The predicted molar refractivity (Wildman–Crippen MR) is 81.4 cm³/mol. The molecule has 1 fully saturated rings. The van der Waals surface area contributed by atoms with Crippen LogP contribution in [0.2, 0.25) is 0 Å². The van der Waals surface area contributed by atoms with Gasteiger partial charge in [0.05, 0.1) is 12.7 Å². The van der Waals surface area contributed by atoms with Gasteiger partial charge in [0.25, 0.3) is 0 Å². The smallest absolute Gasteiger partial charge is 0.120 e. The molecule has 1 aliphatic rings. The minimum absolute atomic E-state index is 0.363. The topological polar surface area (TPSA) is 29.5 Å². The lowest BCUT2D eigenvalue weighted by Crippen LogP contribution is -2.19. The van der Waals surface area contributed by atoms with Crippen molar-refractivity contribution in [1.82, 2.24) is 0 Å². The molecule has 1 aromatic carbocycles. The molecule has 0 radical (unpaired) electrons. The zero-order chi connectivity index (χ0) is 13.8. The molecule has 2 rings (SSSR count). The van der Waals surface area contributed by atoms with E-state index >= 15 is 0 Å². The van der Waals surface area contributed by atoms with E-state index < -0.39 is 0 Å².